The molecular formula is C26H38Br2N2O4. The first-order chi connectivity index (χ1) is 15.6. The van der Waals surface area contributed by atoms with Gasteiger partial charge in [0.2, 0.25) is 0 Å². The smallest absolute Gasteiger partial charge is 0.325 e. The molecule has 0 saturated carbocycles. The van der Waals surface area contributed by atoms with Crippen LogP contribution in [-0.4, -0.2) is 35.2 Å². The van der Waals surface area contributed by atoms with Crippen LogP contribution in [0.5, 0.6) is 0 Å². The van der Waals surface area contributed by atoms with E-state index in [1.165, 1.54) is 12.8 Å². The summed E-state index contributed by atoms with van der Waals surface area (Å²) in [5.74, 6) is -1.69. The van der Waals surface area contributed by atoms with Crippen LogP contribution in [0.25, 0.3) is 0 Å². The fraction of sp³-hybridized carbons (Fsp3) is 0.462. The van der Waals surface area contributed by atoms with Gasteiger partial charge in [0.05, 0.1) is 0 Å². The van der Waals surface area contributed by atoms with Crippen LogP contribution in [0, 0.1) is 0 Å². The minimum atomic E-state index is -0.843. The maximum Gasteiger partial charge on any atom is 0.325 e. The Balaban J connectivity index is 0.00000544. The number of unbranched alkanes of at least 4 members (excludes halogenated alkanes) is 7. The molecule has 2 aromatic rings. The number of halogens is 2. The van der Waals surface area contributed by atoms with Crippen molar-refractivity contribution in [2.24, 2.45) is 0 Å². The molecule has 0 aliphatic heterocycles. The minimum Gasteiger partial charge on any atom is -0.480 e. The van der Waals surface area contributed by atoms with Gasteiger partial charge in [0.1, 0.15) is 12.1 Å². The summed E-state index contributed by atoms with van der Waals surface area (Å²) in [4.78, 5) is 22.9. The van der Waals surface area contributed by atoms with Gasteiger partial charge in [-0.15, -0.1) is 34.0 Å². The number of hydrogen-bond donors (Lipinski definition) is 4. The average Bonchev–Trinajstić information content (AvgIpc) is 2.80. The maximum atomic E-state index is 11.5. The van der Waals surface area contributed by atoms with E-state index in [0.29, 0.717) is 13.1 Å². The molecule has 0 aliphatic carbocycles. The van der Waals surface area contributed by atoms with Crippen LogP contribution in [0.2, 0.25) is 0 Å². The van der Waals surface area contributed by atoms with Crippen molar-refractivity contribution < 1.29 is 19.8 Å². The zero-order valence-electron chi connectivity index (χ0n) is 19.5. The third-order valence-electron chi connectivity index (χ3n) is 5.56. The highest BCUT2D eigenvalue weighted by Crippen LogP contribution is 2.15. The minimum absolute atomic E-state index is 0. The number of carboxylic acids is 2. The third kappa shape index (κ3) is 12.6. The molecule has 2 atom stereocenters. The highest BCUT2D eigenvalue weighted by molar-refractivity contribution is 8.93. The van der Waals surface area contributed by atoms with E-state index in [1.807, 2.05) is 60.7 Å². The highest BCUT2D eigenvalue weighted by Gasteiger charge is 2.18. The average molecular weight is 602 g/mol. The molecule has 0 heterocycles. The standard InChI is InChI=1S/C26H36N2O4.2BrH/c29-25(30)23(21-15-9-7-10-16-21)27-19-13-5-3-1-2-4-6-14-20-28-24(26(31)32)22-17-11-8-12-18-22;;/h7-12,15-18,23-24,27-28H,1-6,13-14,19-20H2,(H,29,30)(H,31,32);2*1H. The van der Waals surface area contributed by atoms with Crippen LogP contribution < -0.4 is 10.6 Å². The van der Waals surface area contributed by atoms with Crippen molar-refractivity contribution in [2.45, 2.75) is 63.5 Å². The van der Waals surface area contributed by atoms with Crippen molar-refractivity contribution in [2.75, 3.05) is 13.1 Å². The van der Waals surface area contributed by atoms with Gasteiger partial charge in [-0.25, -0.2) is 0 Å². The van der Waals surface area contributed by atoms with Crippen LogP contribution >= 0.6 is 34.0 Å². The molecule has 0 aromatic heterocycles. The van der Waals surface area contributed by atoms with Crippen LogP contribution in [0.3, 0.4) is 0 Å². The summed E-state index contributed by atoms with van der Waals surface area (Å²) < 4.78 is 0. The molecule has 0 spiro atoms. The Bertz CT molecular complexity index is 726. The molecular weight excluding hydrogens is 564 g/mol. The number of nitrogens with one attached hydrogen (secondary N) is 2. The second-order valence-corrected chi connectivity index (χ2v) is 8.10. The second-order valence-electron chi connectivity index (χ2n) is 8.10. The lowest BCUT2D eigenvalue weighted by Gasteiger charge is -2.15. The summed E-state index contributed by atoms with van der Waals surface area (Å²) in [5, 5.41) is 25.1. The zero-order chi connectivity index (χ0) is 23.0. The van der Waals surface area contributed by atoms with Crippen molar-refractivity contribution in [3.8, 4) is 0 Å². The summed E-state index contributed by atoms with van der Waals surface area (Å²) in [5.41, 5.74) is 1.57. The van der Waals surface area contributed by atoms with E-state index < -0.39 is 24.0 Å². The van der Waals surface area contributed by atoms with E-state index in [-0.39, 0.29) is 34.0 Å². The first-order valence-corrected chi connectivity index (χ1v) is 11.6. The van der Waals surface area contributed by atoms with Gasteiger partial charge >= 0.3 is 11.9 Å². The molecule has 0 radical (unpaired) electrons. The quantitative estimate of drug-likeness (QED) is 0.164. The van der Waals surface area contributed by atoms with Gasteiger partial charge < -0.3 is 20.8 Å². The van der Waals surface area contributed by atoms with Crippen molar-refractivity contribution in [3.05, 3.63) is 71.8 Å². The maximum absolute atomic E-state index is 11.5. The molecule has 2 unspecified atom stereocenters. The normalized spacial score (nSPS) is 12.1. The van der Waals surface area contributed by atoms with Crippen LogP contribution in [0.1, 0.15) is 74.6 Å². The van der Waals surface area contributed by atoms with Gasteiger partial charge in [0.25, 0.3) is 0 Å². The molecule has 0 aliphatic rings. The van der Waals surface area contributed by atoms with Gasteiger partial charge in [-0.3, -0.25) is 9.59 Å². The lowest BCUT2D eigenvalue weighted by molar-refractivity contribution is -0.140. The van der Waals surface area contributed by atoms with E-state index in [4.69, 9.17) is 0 Å². The van der Waals surface area contributed by atoms with E-state index >= 15 is 0 Å². The summed E-state index contributed by atoms with van der Waals surface area (Å²) >= 11 is 0. The molecule has 8 heteroatoms. The number of hydrogen-bond acceptors (Lipinski definition) is 4. The highest BCUT2D eigenvalue weighted by atomic mass is 79.9. The monoisotopic (exact) mass is 600 g/mol. The molecule has 0 fully saturated rings. The topological polar surface area (TPSA) is 98.7 Å². The van der Waals surface area contributed by atoms with Gasteiger partial charge in [-0.2, -0.15) is 0 Å². The van der Waals surface area contributed by atoms with Gasteiger partial charge in [0.15, 0.2) is 0 Å². The van der Waals surface area contributed by atoms with Crippen molar-refractivity contribution in [1.82, 2.24) is 10.6 Å². The largest absolute Gasteiger partial charge is 0.480 e. The van der Waals surface area contributed by atoms with Crippen molar-refractivity contribution in [1.29, 1.82) is 0 Å². The summed E-state index contributed by atoms with van der Waals surface area (Å²) in [6, 6.07) is 17.3. The van der Waals surface area contributed by atoms with Crippen molar-refractivity contribution >= 4 is 45.9 Å². The Labute approximate surface area is 224 Å². The predicted molar refractivity (Wildman–Crippen MR) is 147 cm³/mol. The molecule has 0 amide bonds. The molecule has 4 N–H and O–H groups in total. The van der Waals surface area contributed by atoms with Gasteiger partial charge in [-0.1, -0.05) is 99.2 Å². The number of rotatable bonds is 17. The Morgan fingerprint density at radius 3 is 1.15 bits per heavy atom. The number of benzene rings is 2. The Kier molecular flexibility index (Phi) is 18.6. The molecule has 34 heavy (non-hydrogen) atoms. The SMILES string of the molecule is Br.Br.O=C(O)C(NCCCCCCCCCCNC(C(=O)O)c1ccccc1)c1ccccc1. The number of carboxylic acid groups (broad SMARTS) is 2. The summed E-state index contributed by atoms with van der Waals surface area (Å²) in [7, 11) is 0. The Hall–Kier alpha value is -1.74. The molecule has 6 nitrogen and oxygen atoms in total. The number of aliphatic carboxylic acids is 2. The third-order valence-corrected chi connectivity index (χ3v) is 5.56. The summed E-state index contributed by atoms with van der Waals surface area (Å²) in [6.45, 7) is 1.40. The van der Waals surface area contributed by atoms with Crippen LogP contribution in [0.15, 0.2) is 60.7 Å². The van der Waals surface area contributed by atoms with E-state index in [2.05, 4.69) is 10.6 Å². The molecule has 0 bridgehead atoms. The molecule has 0 saturated heterocycles. The zero-order valence-corrected chi connectivity index (χ0v) is 23.0. The van der Waals surface area contributed by atoms with E-state index in [1.54, 1.807) is 0 Å². The Morgan fingerprint density at radius 2 is 0.853 bits per heavy atom. The fourth-order valence-corrected chi connectivity index (χ4v) is 3.79. The lowest BCUT2D eigenvalue weighted by Crippen LogP contribution is -2.29. The van der Waals surface area contributed by atoms with Crippen LogP contribution in [-0.2, 0) is 9.59 Å². The van der Waals surface area contributed by atoms with Gasteiger partial charge in [-0.05, 0) is 37.1 Å². The Morgan fingerprint density at radius 1 is 0.559 bits per heavy atom. The molecule has 2 rings (SSSR count). The van der Waals surface area contributed by atoms with E-state index in [9.17, 15) is 19.8 Å². The van der Waals surface area contributed by atoms with Gasteiger partial charge in [0, 0.05) is 0 Å². The predicted octanol–water partition coefficient (Wildman–Crippen LogP) is 6.09. The van der Waals surface area contributed by atoms with E-state index in [0.717, 1.165) is 49.7 Å². The first kappa shape index (κ1) is 32.3. The lowest BCUT2D eigenvalue weighted by atomic mass is 10.1. The van der Waals surface area contributed by atoms with Crippen molar-refractivity contribution in [3.63, 3.8) is 0 Å². The number of carbonyl (C=O) groups is 2. The second kappa shape index (κ2) is 19.6. The fourth-order valence-electron chi connectivity index (χ4n) is 3.79. The molecule has 2 aromatic carbocycles. The first-order valence-electron chi connectivity index (χ1n) is 11.6. The summed E-state index contributed by atoms with van der Waals surface area (Å²) in [6.07, 6.45) is 8.77. The molecule has 190 valence electrons. The van der Waals surface area contributed by atoms with Crippen LogP contribution in [0.4, 0.5) is 0 Å².